The van der Waals surface area contributed by atoms with Crippen LogP contribution in [-0.2, 0) is 6.42 Å². The maximum Gasteiger partial charge on any atom is 0.348 e. The van der Waals surface area contributed by atoms with Gasteiger partial charge in [-0.25, -0.2) is 19.4 Å². The molecule has 0 bridgehead atoms. The van der Waals surface area contributed by atoms with Gasteiger partial charge in [-0.3, -0.25) is 9.89 Å². The highest BCUT2D eigenvalue weighted by Crippen LogP contribution is 2.23. The Balaban J connectivity index is 1.41. The summed E-state index contributed by atoms with van der Waals surface area (Å²) in [5.74, 6) is 1.28. The molecule has 0 aliphatic carbocycles. The number of carbonyl (C=O) groups is 1. The minimum atomic E-state index is -0.213. The third-order valence-corrected chi connectivity index (χ3v) is 5.31. The maximum absolute atomic E-state index is 12.3. The number of thiophene rings is 1. The molecule has 1 amide bonds. The van der Waals surface area contributed by atoms with Crippen LogP contribution in [0.1, 0.15) is 29.3 Å². The highest BCUT2D eigenvalue weighted by molar-refractivity contribution is 7.12. The summed E-state index contributed by atoms with van der Waals surface area (Å²) in [4.78, 5) is 30.0. The predicted octanol–water partition coefficient (Wildman–Crippen LogP) is 0.835. The number of hydrogen-bond acceptors (Lipinski definition) is 6. The predicted molar refractivity (Wildman–Crippen MR) is 90.8 cm³/mol. The van der Waals surface area contributed by atoms with E-state index < -0.39 is 0 Å². The van der Waals surface area contributed by atoms with E-state index in [1.54, 1.807) is 9.47 Å². The lowest BCUT2D eigenvalue weighted by Crippen LogP contribution is -2.39. The molecule has 1 aliphatic heterocycles. The zero-order chi connectivity index (χ0) is 17.2. The molecule has 0 aromatic carbocycles. The van der Waals surface area contributed by atoms with Crippen molar-refractivity contribution in [3.05, 3.63) is 46.0 Å². The van der Waals surface area contributed by atoms with Crippen LogP contribution in [-0.4, -0.2) is 53.8 Å². The van der Waals surface area contributed by atoms with Crippen molar-refractivity contribution in [3.8, 4) is 5.00 Å². The van der Waals surface area contributed by atoms with E-state index >= 15 is 0 Å². The summed E-state index contributed by atoms with van der Waals surface area (Å²) in [5.41, 5.74) is -0.213. The Morgan fingerprint density at radius 2 is 2.16 bits per heavy atom. The topological polar surface area (TPSA) is 113 Å². The van der Waals surface area contributed by atoms with Crippen molar-refractivity contribution in [3.63, 3.8) is 0 Å². The number of aromatic amines is 2. The smallest absolute Gasteiger partial charge is 0.336 e. The number of nitrogens with zero attached hydrogens (tertiary/aromatic N) is 5. The number of H-pyrrole nitrogens is 2. The van der Waals surface area contributed by atoms with E-state index in [1.165, 1.54) is 17.7 Å². The number of nitrogens with one attached hydrogen (secondary N) is 2. The fourth-order valence-corrected chi connectivity index (χ4v) is 3.89. The number of amides is 1. The Hall–Kier alpha value is -2.75. The molecule has 1 saturated heterocycles. The van der Waals surface area contributed by atoms with Crippen molar-refractivity contribution in [1.82, 2.24) is 34.8 Å². The van der Waals surface area contributed by atoms with E-state index in [-0.39, 0.29) is 17.4 Å². The number of hydrogen-bond donors (Lipinski definition) is 2. The molecule has 4 heterocycles. The van der Waals surface area contributed by atoms with E-state index in [0.29, 0.717) is 25.4 Å². The van der Waals surface area contributed by atoms with Crippen LogP contribution in [0.3, 0.4) is 0 Å². The number of aromatic nitrogens is 6. The first-order valence-corrected chi connectivity index (χ1v) is 8.95. The van der Waals surface area contributed by atoms with Gasteiger partial charge in [0.15, 0.2) is 0 Å². The van der Waals surface area contributed by atoms with Crippen LogP contribution in [0.5, 0.6) is 0 Å². The van der Waals surface area contributed by atoms with Gasteiger partial charge >= 0.3 is 5.69 Å². The van der Waals surface area contributed by atoms with Crippen molar-refractivity contribution >= 4 is 17.2 Å². The highest BCUT2D eigenvalue weighted by Gasteiger charge is 2.26. The molecule has 4 rings (SSSR count). The third-order valence-electron chi connectivity index (χ3n) is 4.46. The van der Waals surface area contributed by atoms with E-state index in [1.807, 2.05) is 17.5 Å². The molecule has 0 atom stereocenters. The van der Waals surface area contributed by atoms with Gasteiger partial charge in [-0.2, -0.15) is 10.2 Å². The summed E-state index contributed by atoms with van der Waals surface area (Å²) in [5, 5.41) is 15.9. The molecular weight excluding hydrogens is 342 g/mol. The summed E-state index contributed by atoms with van der Waals surface area (Å²) >= 11 is 1.51. The minimum absolute atomic E-state index is 0.119. The van der Waals surface area contributed by atoms with Crippen molar-refractivity contribution in [2.24, 2.45) is 5.92 Å². The van der Waals surface area contributed by atoms with Crippen LogP contribution in [0.15, 0.2) is 28.6 Å². The Morgan fingerprint density at radius 1 is 1.32 bits per heavy atom. The lowest BCUT2D eigenvalue weighted by atomic mass is 9.93. The zero-order valence-electron chi connectivity index (χ0n) is 13.4. The molecule has 1 fully saturated rings. The molecule has 10 heteroatoms. The van der Waals surface area contributed by atoms with E-state index in [9.17, 15) is 9.59 Å². The molecule has 1 aliphatic rings. The van der Waals surface area contributed by atoms with Gasteiger partial charge < -0.3 is 4.90 Å². The van der Waals surface area contributed by atoms with Crippen LogP contribution in [0.25, 0.3) is 5.00 Å². The molecule has 0 unspecified atom stereocenters. The van der Waals surface area contributed by atoms with Crippen molar-refractivity contribution in [1.29, 1.82) is 0 Å². The van der Waals surface area contributed by atoms with E-state index in [0.717, 1.165) is 23.7 Å². The second-order valence-electron chi connectivity index (χ2n) is 6.01. The molecule has 130 valence electrons. The van der Waals surface area contributed by atoms with Crippen LogP contribution >= 0.6 is 11.3 Å². The van der Waals surface area contributed by atoms with Gasteiger partial charge in [0, 0.05) is 19.5 Å². The SMILES string of the molecule is O=C(c1ncn[nH]1)N1CCC(Cc2n[nH]c(=O)n2-c2cccs2)CC1. The Morgan fingerprint density at radius 3 is 2.84 bits per heavy atom. The molecule has 25 heavy (non-hydrogen) atoms. The number of piperidine rings is 1. The average molecular weight is 359 g/mol. The molecular formula is C15H17N7O2S. The van der Waals surface area contributed by atoms with Crippen LogP contribution in [0.4, 0.5) is 0 Å². The molecule has 3 aromatic rings. The molecule has 0 saturated carbocycles. The normalized spacial score (nSPS) is 15.6. The second kappa shape index (κ2) is 6.63. The van der Waals surface area contributed by atoms with E-state index in [4.69, 9.17) is 0 Å². The minimum Gasteiger partial charge on any atom is -0.336 e. The summed E-state index contributed by atoms with van der Waals surface area (Å²) < 4.78 is 1.64. The number of likely N-dealkylation sites (tertiary alicyclic amines) is 1. The maximum atomic E-state index is 12.3. The van der Waals surface area contributed by atoms with Gasteiger partial charge in [0.05, 0.1) is 0 Å². The third kappa shape index (κ3) is 3.12. The monoisotopic (exact) mass is 359 g/mol. The van der Waals surface area contributed by atoms with E-state index in [2.05, 4.69) is 25.4 Å². The average Bonchev–Trinajstić information content (AvgIpc) is 3.37. The Labute approximate surface area is 146 Å². The lowest BCUT2D eigenvalue weighted by molar-refractivity contribution is 0.0677. The summed E-state index contributed by atoms with van der Waals surface area (Å²) in [6.07, 6.45) is 3.78. The van der Waals surface area contributed by atoms with Crippen molar-refractivity contribution in [2.75, 3.05) is 13.1 Å². The van der Waals surface area contributed by atoms with Crippen LogP contribution in [0.2, 0.25) is 0 Å². The standard InChI is InChI=1S/C15H17N7O2S/c23-14(13-16-9-17-19-13)21-5-3-10(4-6-21)8-11-18-20-15(24)22(11)12-2-1-7-25-12/h1-2,7,9-10H,3-6,8H2,(H,20,24)(H,16,17,19). The van der Waals surface area contributed by atoms with Gasteiger partial charge in [0.25, 0.3) is 5.91 Å². The fraction of sp³-hybridized carbons (Fsp3) is 0.400. The van der Waals surface area contributed by atoms with Gasteiger partial charge in [0.1, 0.15) is 17.2 Å². The largest absolute Gasteiger partial charge is 0.348 e. The molecule has 2 N–H and O–H groups in total. The van der Waals surface area contributed by atoms with Gasteiger partial charge in [-0.1, -0.05) is 0 Å². The Bertz CT molecular complexity index is 889. The first kappa shape index (κ1) is 15.8. The molecule has 3 aromatic heterocycles. The second-order valence-corrected chi connectivity index (χ2v) is 6.93. The van der Waals surface area contributed by atoms with Crippen LogP contribution < -0.4 is 5.69 Å². The Kier molecular flexibility index (Phi) is 4.18. The highest BCUT2D eigenvalue weighted by atomic mass is 32.1. The summed E-state index contributed by atoms with van der Waals surface area (Å²) in [7, 11) is 0. The quantitative estimate of drug-likeness (QED) is 0.717. The van der Waals surface area contributed by atoms with Gasteiger partial charge in [-0.15, -0.1) is 11.3 Å². The molecule has 9 nitrogen and oxygen atoms in total. The van der Waals surface area contributed by atoms with Gasteiger partial charge in [-0.05, 0) is 36.3 Å². The number of carbonyl (C=O) groups excluding carboxylic acids is 1. The number of rotatable bonds is 4. The molecule has 0 spiro atoms. The van der Waals surface area contributed by atoms with Crippen molar-refractivity contribution < 1.29 is 4.79 Å². The lowest BCUT2D eigenvalue weighted by Gasteiger charge is -2.31. The molecule has 0 radical (unpaired) electrons. The first-order chi connectivity index (χ1) is 12.2. The zero-order valence-corrected chi connectivity index (χ0v) is 14.2. The first-order valence-electron chi connectivity index (χ1n) is 8.07. The van der Waals surface area contributed by atoms with Crippen molar-refractivity contribution in [2.45, 2.75) is 19.3 Å². The van der Waals surface area contributed by atoms with Crippen LogP contribution in [0, 0.1) is 5.92 Å². The van der Waals surface area contributed by atoms with Gasteiger partial charge in [0.2, 0.25) is 5.82 Å². The summed E-state index contributed by atoms with van der Waals surface area (Å²) in [6.45, 7) is 1.33. The summed E-state index contributed by atoms with van der Waals surface area (Å²) in [6, 6.07) is 3.82. The fourth-order valence-electron chi connectivity index (χ4n) is 3.15.